The summed E-state index contributed by atoms with van der Waals surface area (Å²) in [5.74, 6) is -0.175. The number of carbonyl (C=O) groups excluding carboxylic acids is 1. The summed E-state index contributed by atoms with van der Waals surface area (Å²) >= 11 is 0. The van der Waals surface area contributed by atoms with Gasteiger partial charge in [-0.15, -0.1) is 0 Å². The van der Waals surface area contributed by atoms with Gasteiger partial charge in [-0.25, -0.2) is 0 Å². The number of nitrogens with zero attached hydrogens (tertiary/aromatic N) is 3. The van der Waals surface area contributed by atoms with E-state index >= 15 is 0 Å². The summed E-state index contributed by atoms with van der Waals surface area (Å²) in [6.45, 7) is 2.38. The van der Waals surface area contributed by atoms with Crippen LogP contribution in [0.15, 0.2) is 54.9 Å². The molecule has 2 heterocycles. The van der Waals surface area contributed by atoms with Crippen molar-refractivity contribution in [1.29, 1.82) is 0 Å². The van der Waals surface area contributed by atoms with Gasteiger partial charge < -0.3 is 15.1 Å². The first-order valence-corrected chi connectivity index (χ1v) is 8.30. The average Bonchev–Trinajstić information content (AvgIpc) is 3.16. The smallest absolute Gasteiger partial charge is 0.271 e. The second-order valence-electron chi connectivity index (χ2n) is 5.86. The second kappa shape index (κ2) is 7.79. The molecule has 1 amide bonds. The number of benzene rings is 1. The lowest BCUT2D eigenvalue weighted by Crippen LogP contribution is -2.34. The summed E-state index contributed by atoms with van der Waals surface area (Å²) in [7, 11) is 0. The highest BCUT2D eigenvalue weighted by Gasteiger charge is 2.21. The Bertz CT molecular complexity index is 879. The third-order valence-corrected chi connectivity index (χ3v) is 4.10. The number of phenols is 1. The van der Waals surface area contributed by atoms with Crippen LogP contribution in [0, 0.1) is 0 Å². The van der Waals surface area contributed by atoms with Gasteiger partial charge in [0.1, 0.15) is 11.4 Å². The van der Waals surface area contributed by atoms with Crippen LogP contribution in [-0.2, 0) is 0 Å². The number of aromatic nitrogens is 3. The number of H-pyrrole nitrogens is 1. The highest BCUT2D eigenvalue weighted by molar-refractivity contribution is 5.93. The first kappa shape index (κ1) is 17.6. The van der Waals surface area contributed by atoms with Crippen molar-refractivity contribution in [2.45, 2.75) is 13.0 Å². The Labute approximate surface area is 150 Å². The molecular formula is C19H20N4O3. The number of phenolic OH excluding ortho intramolecular Hbond substituents is 1. The molecule has 0 aliphatic rings. The average molecular weight is 352 g/mol. The highest BCUT2D eigenvalue weighted by atomic mass is 16.3. The number of nitrogens with one attached hydrogen (secondary N) is 1. The molecule has 2 aromatic heterocycles. The lowest BCUT2D eigenvalue weighted by Gasteiger charge is -2.23. The predicted octanol–water partition coefficient (Wildman–Crippen LogP) is 2.37. The zero-order valence-corrected chi connectivity index (χ0v) is 14.3. The van der Waals surface area contributed by atoms with E-state index in [1.54, 1.807) is 30.6 Å². The van der Waals surface area contributed by atoms with Crippen molar-refractivity contribution in [3.8, 4) is 17.0 Å². The van der Waals surface area contributed by atoms with Gasteiger partial charge in [-0.05, 0) is 42.8 Å². The maximum absolute atomic E-state index is 12.7. The van der Waals surface area contributed by atoms with Crippen molar-refractivity contribution < 1.29 is 15.0 Å². The van der Waals surface area contributed by atoms with E-state index < -0.39 is 6.10 Å². The Hall–Kier alpha value is -3.19. The molecule has 7 nitrogen and oxygen atoms in total. The van der Waals surface area contributed by atoms with E-state index in [0.717, 1.165) is 5.56 Å². The minimum absolute atomic E-state index is 0.0754. The third-order valence-electron chi connectivity index (χ3n) is 4.10. The van der Waals surface area contributed by atoms with Crippen LogP contribution in [0.5, 0.6) is 5.75 Å². The largest absolute Gasteiger partial charge is 0.508 e. The van der Waals surface area contributed by atoms with Gasteiger partial charge in [0.2, 0.25) is 0 Å². The SMILES string of the molecule is CCN(C[C@H](O)c1cccc(O)c1)C(=O)c1cc(-c2ccncc2)n[nH]1. The molecule has 0 saturated carbocycles. The van der Waals surface area contributed by atoms with Crippen LogP contribution in [0.1, 0.15) is 29.1 Å². The summed E-state index contributed by atoms with van der Waals surface area (Å²) in [5.41, 5.74) is 2.42. The molecule has 0 fully saturated rings. The van der Waals surface area contributed by atoms with Crippen molar-refractivity contribution in [3.05, 3.63) is 66.1 Å². The molecule has 3 aromatic rings. The molecule has 3 N–H and O–H groups in total. The summed E-state index contributed by atoms with van der Waals surface area (Å²) in [6.07, 6.45) is 2.43. The van der Waals surface area contributed by atoms with E-state index in [9.17, 15) is 15.0 Å². The van der Waals surface area contributed by atoms with Gasteiger partial charge >= 0.3 is 0 Å². The van der Waals surface area contributed by atoms with Gasteiger partial charge in [-0.2, -0.15) is 5.10 Å². The molecule has 1 atom stereocenters. The lowest BCUT2D eigenvalue weighted by molar-refractivity contribution is 0.0629. The van der Waals surface area contributed by atoms with Crippen molar-refractivity contribution in [2.75, 3.05) is 13.1 Å². The molecular weight excluding hydrogens is 332 g/mol. The van der Waals surface area contributed by atoms with Crippen LogP contribution in [0.25, 0.3) is 11.3 Å². The van der Waals surface area contributed by atoms with Crippen molar-refractivity contribution in [3.63, 3.8) is 0 Å². The number of aromatic amines is 1. The Morgan fingerprint density at radius 3 is 2.69 bits per heavy atom. The molecule has 0 aliphatic heterocycles. The summed E-state index contributed by atoms with van der Waals surface area (Å²) in [5, 5.41) is 26.9. The van der Waals surface area contributed by atoms with E-state index in [0.29, 0.717) is 23.5 Å². The summed E-state index contributed by atoms with van der Waals surface area (Å²) < 4.78 is 0. The third kappa shape index (κ3) is 3.89. The normalized spacial score (nSPS) is 11.9. The number of carbonyl (C=O) groups is 1. The van der Waals surface area contributed by atoms with Crippen LogP contribution in [0.3, 0.4) is 0 Å². The monoisotopic (exact) mass is 352 g/mol. The van der Waals surface area contributed by atoms with Crippen molar-refractivity contribution >= 4 is 5.91 Å². The fourth-order valence-corrected chi connectivity index (χ4v) is 2.67. The maximum Gasteiger partial charge on any atom is 0.271 e. The van der Waals surface area contributed by atoms with Gasteiger partial charge in [-0.1, -0.05) is 12.1 Å². The molecule has 7 heteroatoms. The van der Waals surface area contributed by atoms with Crippen LogP contribution >= 0.6 is 0 Å². The topological polar surface area (TPSA) is 102 Å². The number of hydrogen-bond acceptors (Lipinski definition) is 5. The van der Waals surface area contributed by atoms with Crippen molar-refractivity contribution in [1.82, 2.24) is 20.1 Å². The minimum Gasteiger partial charge on any atom is -0.508 e. The number of aliphatic hydroxyl groups excluding tert-OH is 1. The zero-order valence-electron chi connectivity index (χ0n) is 14.3. The molecule has 1 aromatic carbocycles. The number of rotatable bonds is 6. The molecule has 0 spiro atoms. The van der Waals surface area contributed by atoms with Crippen LogP contribution in [0.2, 0.25) is 0 Å². The number of likely N-dealkylation sites (N-methyl/N-ethyl adjacent to an activating group) is 1. The molecule has 26 heavy (non-hydrogen) atoms. The molecule has 0 saturated heterocycles. The summed E-state index contributed by atoms with van der Waals surface area (Å²) in [4.78, 5) is 18.2. The maximum atomic E-state index is 12.7. The number of amides is 1. The second-order valence-corrected chi connectivity index (χ2v) is 5.86. The number of hydrogen-bond donors (Lipinski definition) is 3. The number of pyridine rings is 1. The molecule has 0 aliphatic carbocycles. The lowest BCUT2D eigenvalue weighted by atomic mass is 10.1. The van der Waals surface area contributed by atoms with E-state index in [1.165, 1.54) is 17.0 Å². The number of aliphatic hydroxyl groups is 1. The van der Waals surface area contributed by atoms with E-state index in [1.807, 2.05) is 19.1 Å². The van der Waals surface area contributed by atoms with Gasteiger partial charge in [0.05, 0.1) is 18.3 Å². The molecule has 3 rings (SSSR count). The molecule has 0 unspecified atom stereocenters. The highest BCUT2D eigenvalue weighted by Crippen LogP contribution is 2.21. The Balaban J connectivity index is 1.74. The van der Waals surface area contributed by atoms with Crippen molar-refractivity contribution in [2.24, 2.45) is 0 Å². The van der Waals surface area contributed by atoms with Gasteiger partial charge in [0.25, 0.3) is 5.91 Å². The van der Waals surface area contributed by atoms with Gasteiger partial charge in [0.15, 0.2) is 0 Å². The Kier molecular flexibility index (Phi) is 5.28. The predicted molar refractivity (Wildman–Crippen MR) is 96.5 cm³/mol. The van der Waals surface area contributed by atoms with E-state index in [-0.39, 0.29) is 18.2 Å². The van der Waals surface area contributed by atoms with Crippen LogP contribution in [0.4, 0.5) is 0 Å². The van der Waals surface area contributed by atoms with E-state index in [4.69, 9.17) is 0 Å². The van der Waals surface area contributed by atoms with Crippen LogP contribution < -0.4 is 0 Å². The summed E-state index contributed by atoms with van der Waals surface area (Å²) in [6, 6.07) is 11.7. The van der Waals surface area contributed by atoms with Gasteiger partial charge in [0, 0.05) is 24.5 Å². The quantitative estimate of drug-likeness (QED) is 0.632. The Morgan fingerprint density at radius 2 is 2.00 bits per heavy atom. The molecule has 0 radical (unpaired) electrons. The van der Waals surface area contributed by atoms with Crippen LogP contribution in [-0.4, -0.2) is 49.3 Å². The standard InChI is InChI=1S/C19H20N4O3/c1-2-23(12-18(25)14-4-3-5-15(24)10-14)19(26)17-11-16(21-22-17)13-6-8-20-9-7-13/h3-11,18,24-25H,2,12H2,1H3,(H,21,22)/t18-/m0/s1. The minimum atomic E-state index is -0.895. The Morgan fingerprint density at radius 1 is 1.23 bits per heavy atom. The van der Waals surface area contributed by atoms with E-state index in [2.05, 4.69) is 15.2 Å². The first-order chi connectivity index (χ1) is 12.6. The zero-order chi connectivity index (χ0) is 18.5. The van der Waals surface area contributed by atoms with Gasteiger partial charge in [-0.3, -0.25) is 14.9 Å². The molecule has 134 valence electrons. The number of aromatic hydroxyl groups is 1. The fraction of sp³-hybridized carbons (Fsp3) is 0.211. The molecule has 0 bridgehead atoms. The first-order valence-electron chi connectivity index (χ1n) is 8.30. The fourth-order valence-electron chi connectivity index (χ4n) is 2.67.